The highest BCUT2D eigenvalue weighted by Crippen LogP contribution is 2.13. The summed E-state index contributed by atoms with van der Waals surface area (Å²) in [6, 6.07) is -1.73. The molecule has 57 heavy (non-hydrogen) atoms. The molecule has 0 aromatic carbocycles. The van der Waals surface area contributed by atoms with E-state index in [0.29, 0.717) is 32.2 Å². The van der Waals surface area contributed by atoms with Gasteiger partial charge in [-0.2, -0.15) is 0 Å². The van der Waals surface area contributed by atoms with Crippen LogP contribution in [0.3, 0.4) is 0 Å². The van der Waals surface area contributed by atoms with Gasteiger partial charge in [0.15, 0.2) is 0 Å². The zero-order valence-corrected chi connectivity index (χ0v) is 33.8. The number of amides is 4. The Morgan fingerprint density at radius 1 is 0.491 bits per heavy atom. The van der Waals surface area contributed by atoms with Crippen LogP contribution in [0.5, 0.6) is 0 Å². The topological polar surface area (TPSA) is 271 Å². The van der Waals surface area contributed by atoms with Gasteiger partial charge in [0, 0.05) is 38.9 Å². The molecule has 0 aliphatic carbocycles. The van der Waals surface area contributed by atoms with Crippen LogP contribution >= 0.6 is 0 Å². The first-order valence-electron chi connectivity index (χ1n) is 20.5. The number of carboxylic acids is 2. The molecule has 18 heteroatoms. The first-order chi connectivity index (χ1) is 27.5. The van der Waals surface area contributed by atoms with Crippen LogP contribution in [0.4, 0.5) is 0 Å². The lowest BCUT2D eigenvalue weighted by Gasteiger charge is -2.14. The highest BCUT2D eigenvalue weighted by molar-refractivity contribution is 5.84. The maximum absolute atomic E-state index is 12.3. The molecule has 0 saturated carbocycles. The number of rotatable bonds is 42. The molecule has 0 aliphatic rings. The van der Waals surface area contributed by atoms with Gasteiger partial charge < -0.3 is 56.2 Å². The zero-order valence-electron chi connectivity index (χ0n) is 33.8. The molecule has 0 aliphatic heterocycles. The highest BCUT2D eigenvalue weighted by atomic mass is 16.5. The van der Waals surface area contributed by atoms with E-state index in [1.165, 1.54) is 19.3 Å². The molecule has 329 valence electrons. The van der Waals surface area contributed by atoms with E-state index in [9.17, 15) is 38.7 Å². The van der Waals surface area contributed by atoms with Gasteiger partial charge >= 0.3 is 11.9 Å². The van der Waals surface area contributed by atoms with Gasteiger partial charge in [-0.3, -0.25) is 28.8 Å². The Balaban J connectivity index is 3.65. The van der Waals surface area contributed by atoms with Gasteiger partial charge in [0.1, 0.15) is 19.3 Å². The van der Waals surface area contributed by atoms with Crippen molar-refractivity contribution >= 4 is 41.9 Å². The molecule has 0 rings (SSSR count). The minimum Gasteiger partial charge on any atom is -0.481 e. The second-order valence-electron chi connectivity index (χ2n) is 13.7. The summed E-state index contributed by atoms with van der Waals surface area (Å²) in [5.41, 5.74) is 5.45. The summed E-state index contributed by atoms with van der Waals surface area (Å²) in [7, 11) is 0. The number of carbonyl (C=O) groups excluding carboxylic acids is 5. The third kappa shape index (κ3) is 38.9. The Morgan fingerprint density at radius 3 is 1.44 bits per heavy atom. The Bertz CT molecular complexity index is 1100. The predicted octanol–water partition coefficient (Wildman–Crippen LogP) is 1.90. The van der Waals surface area contributed by atoms with Crippen LogP contribution in [0.1, 0.15) is 122 Å². The van der Waals surface area contributed by atoms with E-state index in [1.54, 1.807) is 6.29 Å². The van der Waals surface area contributed by atoms with E-state index in [1.807, 2.05) is 0 Å². The number of ether oxygens (including phenoxy) is 4. The van der Waals surface area contributed by atoms with Crippen LogP contribution in [-0.4, -0.2) is 137 Å². The molecule has 0 aromatic rings. The van der Waals surface area contributed by atoms with Crippen LogP contribution in [0.2, 0.25) is 0 Å². The van der Waals surface area contributed by atoms with Crippen LogP contribution in [0.25, 0.3) is 0 Å². The van der Waals surface area contributed by atoms with Crippen molar-refractivity contribution in [2.75, 3.05) is 72.5 Å². The molecule has 4 amide bonds. The standard InChI is InChI=1S/C39H70N5O13/c40-32(29-45)15-13-14-20-41-36(48)30-56-27-26-55-24-22-43-37(49)31-57-28-25-54-23-21-42-34(46)19-18-33(39(52)53)44-35(47)16-11-9-7-5-3-1-2-4-6-8-10-12-17-38(50)51/h32-33H,1-28,30-31,40H2,(H,41,48)(H,42,46)(H,43,49)(H,44,47)(H,50,51)(H,52,53)/t32-,33-/m0/s1. The van der Waals surface area contributed by atoms with Gasteiger partial charge in [0.25, 0.3) is 0 Å². The summed E-state index contributed by atoms with van der Waals surface area (Å²) in [5, 5.41) is 28.6. The van der Waals surface area contributed by atoms with Crippen molar-refractivity contribution < 1.29 is 62.7 Å². The summed E-state index contributed by atoms with van der Waals surface area (Å²) in [6.07, 6.45) is 16.4. The minimum atomic E-state index is -1.19. The molecule has 8 N–H and O–H groups in total. The molecule has 0 fully saturated rings. The molecule has 0 heterocycles. The fraction of sp³-hybridized carbons (Fsp3) is 0.821. The number of aliphatic carboxylic acids is 2. The summed E-state index contributed by atoms with van der Waals surface area (Å²) < 4.78 is 21.2. The summed E-state index contributed by atoms with van der Waals surface area (Å²) >= 11 is 0. The first kappa shape index (κ1) is 53.3. The van der Waals surface area contributed by atoms with E-state index < -0.39 is 24.0 Å². The number of nitrogens with two attached hydrogens (primary N) is 1. The van der Waals surface area contributed by atoms with Crippen LogP contribution < -0.4 is 27.0 Å². The normalized spacial score (nSPS) is 12.0. The summed E-state index contributed by atoms with van der Waals surface area (Å²) in [6.45, 7) is 1.98. The number of hydrogen-bond acceptors (Lipinski definition) is 12. The largest absolute Gasteiger partial charge is 0.481 e. The van der Waals surface area contributed by atoms with Crippen LogP contribution in [-0.2, 0) is 52.5 Å². The second-order valence-corrected chi connectivity index (χ2v) is 13.7. The Kier molecular flexibility index (Phi) is 36.6. The minimum absolute atomic E-state index is 0.0320. The van der Waals surface area contributed by atoms with E-state index in [0.717, 1.165) is 51.4 Å². The van der Waals surface area contributed by atoms with Gasteiger partial charge in [-0.1, -0.05) is 64.2 Å². The highest BCUT2D eigenvalue weighted by Gasteiger charge is 2.20. The molecule has 0 spiro atoms. The number of unbranched alkanes of at least 4 members (excludes halogenated alkanes) is 12. The lowest BCUT2D eigenvalue weighted by molar-refractivity contribution is -0.142. The fourth-order valence-electron chi connectivity index (χ4n) is 5.39. The van der Waals surface area contributed by atoms with Gasteiger partial charge in [-0.25, -0.2) is 4.79 Å². The number of hydrogen-bond donors (Lipinski definition) is 7. The maximum atomic E-state index is 12.3. The van der Waals surface area contributed by atoms with E-state index >= 15 is 0 Å². The van der Waals surface area contributed by atoms with Gasteiger partial charge in [0.05, 0.1) is 45.7 Å². The molecule has 0 saturated heterocycles. The fourth-order valence-corrected chi connectivity index (χ4v) is 5.39. The smallest absolute Gasteiger partial charge is 0.326 e. The Morgan fingerprint density at radius 2 is 0.947 bits per heavy atom. The molecule has 1 radical (unpaired) electrons. The third-order valence-electron chi connectivity index (χ3n) is 8.60. The molecule has 0 bridgehead atoms. The molecule has 0 aromatic heterocycles. The molecule has 0 unspecified atom stereocenters. The SMILES string of the molecule is N[C@H]([C]=O)CCCCNC(=O)COCCOCCNC(=O)COCCOCCNC(=O)CC[C@H](NC(=O)CCCCCCCCCCCCCCC(=O)O)C(=O)O. The molecular formula is C39H70N5O13. The number of nitrogens with one attached hydrogen (secondary N) is 4. The Labute approximate surface area is 337 Å². The Hall–Kier alpha value is -3.71. The van der Waals surface area contributed by atoms with Crippen LogP contribution in [0.15, 0.2) is 0 Å². The van der Waals surface area contributed by atoms with Gasteiger partial charge in [-0.05, 0) is 38.5 Å². The van der Waals surface area contributed by atoms with Crippen molar-refractivity contribution in [3.63, 3.8) is 0 Å². The maximum Gasteiger partial charge on any atom is 0.326 e. The quantitative estimate of drug-likeness (QED) is 0.0434. The second kappa shape index (κ2) is 39.1. The molecule has 2 atom stereocenters. The van der Waals surface area contributed by atoms with E-state index in [2.05, 4.69) is 21.3 Å². The van der Waals surface area contributed by atoms with Gasteiger partial charge in [-0.15, -0.1) is 0 Å². The lowest BCUT2D eigenvalue weighted by atomic mass is 10.0. The lowest BCUT2D eigenvalue weighted by Crippen LogP contribution is -2.41. The summed E-state index contributed by atoms with van der Waals surface area (Å²) in [5.74, 6) is -3.19. The van der Waals surface area contributed by atoms with Crippen LogP contribution in [0, 0.1) is 0 Å². The first-order valence-corrected chi connectivity index (χ1v) is 20.5. The predicted molar refractivity (Wildman–Crippen MR) is 211 cm³/mol. The van der Waals surface area contributed by atoms with E-state index in [4.69, 9.17) is 29.8 Å². The van der Waals surface area contributed by atoms with Crippen molar-refractivity contribution in [3.8, 4) is 0 Å². The van der Waals surface area contributed by atoms with Crippen molar-refractivity contribution in [3.05, 3.63) is 0 Å². The van der Waals surface area contributed by atoms with Crippen molar-refractivity contribution in [1.82, 2.24) is 21.3 Å². The molecule has 18 nitrogen and oxygen atoms in total. The third-order valence-corrected chi connectivity index (χ3v) is 8.60. The summed E-state index contributed by atoms with van der Waals surface area (Å²) in [4.78, 5) is 80.4. The van der Waals surface area contributed by atoms with Crippen molar-refractivity contribution in [2.45, 2.75) is 134 Å². The number of carboxylic acid groups (broad SMARTS) is 2. The number of carbonyl (C=O) groups is 6. The van der Waals surface area contributed by atoms with Gasteiger partial charge in [0.2, 0.25) is 29.9 Å². The van der Waals surface area contributed by atoms with Crippen molar-refractivity contribution in [1.29, 1.82) is 0 Å². The monoisotopic (exact) mass is 816 g/mol. The van der Waals surface area contributed by atoms with Crippen molar-refractivity contribution in [2.24, 2.45) is 5.73 Å². The zero-order chi connectivity index (χ0) is 42.2. The average Bonchev–Trinajstić information content (AvgIpc) is 3.17. The van der Waals surface area contributed by atoms with E-state index in [-0.39, 0.29) is 115 Å². The molecular weight excluding hydrogens is 746 g/mol. The average molecular weight is 817 g/mol.